The van der Waals surface area contributed by atoms with Crippen LogP contribution in [0.1, 0.15) is 17.1 Å². The van der Waals surface area contributed by atoms with Crippen molar-refractivity contribution in [3.05, 3.63) is 28.2 Å². The minimum absolute atomic E-state index is 0.0180. The van der Waals surface area contributed by atoms with E-state index in [4.69, 9.17) is 0 Å². The number of carbonyl (C=O) groups excluding carboxylic acids is 1. The van der Waals surface area contributed by atoms with Crippen molar-refractivity contribution >= 4 is 23.2 Å². The summed E-state index contributed by atoms with van der Waals surface area (Å²) in [7, 11) is 0. The van der Waals surface area contributed by atoms with Crippen LogP contribution in [0.5, 0.6) is 0 Å². The molecule has 3 rings (SSSR count). The van der Waals surface area contributed by atoms with Gasteiger partial charge in [0, 0.05) is 18.3 Å². The van der Waals surface area contributed by atoms with Crippen molar-refractivity contribution in [3.8, 4) is 0 Å². The number of aromatic nitrogens is 1. The highest BCUT2D eigenvalue weighted by atomic mass is 32.1. The molecule has 0 radical (unpaired) electrons. The van der Waals surface area contributed by atoms with Crippen LogP contribution in [-0.2, 0) is 16.0 Å². The SMILES string of the molecule is Cc1nc(CCNC(=O)[C@H]2C3C=CC(C3)[C@H]2C(=O)O)cs1. The molecule has 5 nitrogen and oxygen atoms in total. The molecule has 1 saturated carbocycles. The van der Waals surface area contributed by atoms with Gasteiger partial charge in [-0.1, -0.05) is 12.2 Å². The van der Waals surface area contributed by atoms with Crippen LogP contribution in [0.3, 0.4) is 0 Å². The zero-order valence-corrected chi connectivity index (χ0v) is 12.6. The number of nitrogens with one attached hydrogen (secondary N) is 1. The molecule has 112 valence electrons. The van der Waals surface area contributed by atoms with E-state index in [2.05, 4.69) is 10.3 Å². The first-order valence-electron chi connectivity index (χ1n) is 7.16. The summed E-state index contributed by atoms with van der Waals surface area (Å²) >= 11 is 1.59. The number of carbonyl (C=O) groups is 2. The molecule has 2 aliphatic rings. The van der Waals surface area contributed by atoms with E-state index in [9.17, 15) is 14.7 Å². The van der Waals surface area contributed by atoms with Crippen molar-refractivity contribution in [3.63, 3.8) is 0 Å². The van der Waals surface area contributed by atoms with Crippen LogP contribution in [-0.4, -0.2) is 28.5 Å². The molecule has 21 heavy (non-hydrogen) atoms. The summed E-state index contributed by atoms with van der Waals surface area (Å²) in [4.78, 5) is 28.0. The van der Waals surface area contributed by atoms with Gasteiger partial charge in [-0.05, 0) is 25.2 Å². The summed E-state index contributed by atoms with van der Waals surface area (Å²) in [6.07, 6.45) is 5.42. The maximum absolute atomic E-state index is 12.3. The number of thiazole rings is 1. The molecule has 0 spiro atoms. The molecule has 0 saturated heterocycles. The Morgan fingerprint density at radius 2 is 2.10 bits per heavy atom. The molecule has 2 aliphatic carbocycles. The van der Waals surface area contributed by atoms with Gasteiger partial charge in [-0.2, -0.15) is 0 Å². The van der Waals surface area contributed by atoms with Crippen LogP contribution in [0.15, 0.2) is 17.5 Å². The van der Waals surface area contributed by atoms with Crippen molar-refractivity contribution in [1.29, 1.82) is 0 Å². The number of rotatable bonds is 5. The largest absolute Gasteiger partial charge is 0.481 e. The lowest BCUT2D eigenvalue weighted by Gasteiger charge is -2.23. The van der Waals surface area contributed by atoms with Gasteiger partial charge in [0.25, 0.3) is 0 Å². The van der Waals surface area contributed by atoms with Crippen LogP contribution in [0, 0.1) is 30.6 Å². The van der Waals surface area contributed by atoms with Crippen LogP contribution in [0.25, 0.3) is 0 Å². The number of aryl methyl sites for hydroxylation is 1. The molecule has 1 heterocycles. The molecule has 1 fully saturated rings. The number of amides is 1. The molecular weight excluding hydrogens is 288 g/mol. The predicted octanol–water partition coefficient (Wildman–Crippen LogP) is 1.63. The molecule has 1 amide bonds. The first kappa shape index (κ1) is 14.3. The average molecular weight is 306 g/mol. The quantitative estimate of drug-likeness (QED) is 0.810. The molecular formula is C15H18N2O3S. The lowest BCUT2D eigenvalue weighted by molar-refractivity contribution is -0.147. The molecule has 2 N–H and O–H groups in total. The fourth-order valence-electron chi connectivity index (χ4n) is 3.47. The summed E-state index contributed by atoms with van der Waals surface area (Å²) < 4.78 is 0. The second kappa shape index (κ2) is 5.60. The Balaban J connectivity index is 1.57. The number of hydrogen-bond acceptors (Lipinski definition) is 4. The second-order valence-electron chi connectivity index (χ2n) is 5.74. The van der Waals surface area contributed by atoms with Gasteiger partial charge < -0.3 is 10.4 Å². The van der Waals surface area contributed by atoms with E-state index < -0.39 is 17.8 Å². The Labute approximate surface area is 127 Å². The molecule has 0 aromatic carbocycles. The summed E-state index contributed by atoms with van der Waals surface area (Å²) in [5.74, 6) is -1.88. The molecule has 2 bridgehead atoms. The lowest BCUT2D eigenvalue weighted by Crippen LogP contribution is -2.40. The topological polar surface area (TPSA) is 79.3 Å². The van der Waals surface area contributed by atoms with Gasteiger partial charge >= 0.3 is 5.97 Å². The number of fused-ring (bicyclic) bond motifs is 2. The Morgan fingerprint density at radius 1 is 1.38 bits per heavy atom. The highest BCUT2D eigenvalue weighted by Crippen LogP contribution is 2.48. The van der Waals surface area contributed by atoms with E-state index in [1.807, 2.05) is 24.5 Å². The predicted molar refractivity (Wildman–Crippen MR) is 78.9 cm³/mol. The third-order valence-corrected chi connectivity index (χ3v) is 5.22. The first-order valence-corrected chi connectivity index (χ1v) is 8.04. The Bertz CT molecular complexity index is 595. The monoisotopic (exact) mass is 306 g/mol. The van der Waals surface area contributed by atoms with Gasteiger partial charge in [0.2, 0.25) is 5.91 Å². The van der Waals surface area contributed by atoms with E-state index >= 15 is 0 Å². The minimum atomic E-state index is -0.859. The van der Waals surface area contributed by atoms with Crippen molar-refractivity contribution in [2.75, 3.05) is 6.54 Å². The maximum Gasteiger partial charge on any atom is 0.307 e. The fraction of sp³-hybridized carbons (Fsp3) is 0.533. The molecule has 0 aliphatic heterocycles. The third kappa shape index (κ3) is 2.72. The molecule has 1 aromatic rings. The molecule has 4 atom stereocenters. The van der Waals surface area contributed by atoms with Gasteiger partial charge in [0.05, 0.1) is 22.5 Å². The van der Waals surface area contributed by atoms with E-state index in [0.717, 1.165) is 17.1 Å². The van der Waals surface area contributed by atoms with Crippen molar-refractivity contribution in [2.24, 2.45) is 23.7 Å². The summed E-state index contributed by atoms with van der Waals surface area (Å²) in [6, 6.07) is 0. The van der Waals surface area contributed by atoms with Crippen LogP contribution in [0.2, 0.25) is 0 Å². The third-order valence-electron chi connectivity index (χ3n) is 4.39. The number of allylic oxidation sites excluding steroid dienone is 2. The molecule has 2 unspecified atom stereocenters. The molecule has 6 heteroatoms. The second-order valence-corrected chi connectivity index (χ2v) is 6.80. The Kier molecular flexibility index (Phi) is 3.80. The summed E-state index contributed by atoms with van der Waals surface area (Å²) in [5, 5.41) is 15.2. The van der Waals surface area contributed by atoms with Gasteiger partial charge in [0.1, 0.15) is 0 Å². The Morgan fingerprint density at radius 3 is 2.71 bits per heavy atom. The van der Waals surface area contributed by atoms with Crippen LogP contribution < -0.4 is 5.32 Å². The van der Waals surface area contributed by atoms with E-state index in [-0.39, 0.29) is 17.7 Å². The highest BCUT2D eigenvalue weighted by Gasteiger charge is 2.51. The highest BCUT2D eigenvalue weighted by molar-refractivity contribution is 7.09. The van der Waals surface area contributed by atoms with Crippen LogP contribution in [0.4, 0.5) is 0 Å². The standard InChI is InChI=1S/C15H18N2O3S/c1-8-17-11(7-21-8)4-5-16-14(18)12-9-2-3-10(6-9)13(12)15(19)20/h2-3,7,9-10,12-13H,4-6H2,1H3,(H,16,18)(H,19,20)/t9?,10?,12-,13+/m0/s1. The van der Waals surface area contributed by atoms with Crippen molar-refractivity contribution in [1.82, 2.24) is 10.3 Å². The normalized spacial score (nSPS) is 29.8. The van der Waals surface area contributed by atoms with Gasteiger partial charge in [-0.25, -0.2) is 4.98 Å². The zero-order chi connectivity index (χ0) is 15.0. The van der Waals surface area contributed by atoms with Crippen molar-refractivity contribution < 1.29 is 14.7 Å². The fourth-order valence-corrected chi connectivity index (χ4v) is 4.12. The summed E-state index contributed by atoms with van der Waals surface area (Å²) in [5.41, 5.74) is 0.973. The Hall–Kier alpha value is -1.69. The number of nitrogens with zero attached hydrogens (tertiary/aromatic N) is 1. The van der Waals surface area contributed by atoms with E-state index in [1.54, 1.807) is 11.3 Å². The first-order chi connectivity index (χ1) is 10.1. The van der Waals surface area contributed by atoms with Gasteiger partial charge in [-0.3, -0.25) is 9.59 Å². The molecule has 1 aromatic heterocycles. The van der Waals surface area contributed by atoms with E-state index in [0.29, 0.717) is 13.0 Å². The average Bonchev–Trinajstić information content (AvgIpc) is 3.13. The smallest absolute Gasteiger partial charge is 0.307 e. The zero-order valence-electron chi connectivity index (χ0n) is 11.8. The summed E-state index contributed by atoms with van der Waals surface area (Å²) in [6.45, 7) is 2.46. The van der Waals surface area contributed by atoms with Gasteiger partial charge in [-0.15, -0.1) is 11.3 Å². The van der Waals surface area contributed by atoms with Crippen molar-refractivity contribution in [2.45, 2.75) is 19.8 Å². The van der Waals surface area contributed by atoms with Crippen LogP contribution >= 0.6 is 11.3 Å². The minimum Gasteiger partial charge on any atom is -0.481 e. The number of carboxylic acid groups (broad SMARTS) is 1. The number of hydrogen-bond donors (Lipinski definition) is 2. The van der Waals surface area contributed by atoms with E-state index in [1.165, 1.54) is 0 Å². The number of carboxylic acids is 1. The lowest BCUT2D eigenvalue weighted by atomic mass is 9.82. The maximum atomic E-state index is 12.3. The van der Waals surface area contributed by atoms with Gasteiger partial charge in [0.15, 0.2) is 0 Å². The number of aliphatic carboxylic acids is 1.